The van der Waals surface area contributed by atoms with E-state index in [1.165, 1.54) is 24.5 Å². The Morgan fingerprint density at radius 1 is 1.03 bits per heavy atom. The summed E-state index contributed by atoms with van der Waals surface area (Å²) >= 11 is 6.37. The second-order valence-corrected chi connectivity index (χ2v) is 11.2. The number of carbonyl (C=O) groups is 1. The van der Waals surface area contributed by atoms with Gasteiger partial charge in [0.1, 0.15) is 5.69 Å². The average molecular weight is 510 g/mol. The van der Waals surface area contributed by atoms with Crippen molar-refractivity contribution in [2.75, 3.05) is 0 Å². The third kappa shape index (κ3) is 4.46. The van der Waals surface area contributed by atoms with Gasteiger partial charge in [0, 0.05) is 22.8 Å². The summed E-state index contributed by atoms with van der Waals surface area (Å²) in [6.07, 6.45) is 3.40. The standard InChI is InChI=1S/C27H28ClN3O3S/c1-6-27(5,25-18(3)13-17(2)14-19(25)4)31-23-16-21(28)8-7-20(23)15-24(31)26(32)30-35(33,34)22-9-11-29-12-10-22/h7-16H,6H2,1-5H3,(H,30,32). The molecule has 182 valence electrons. The van der Waals surface area contributed by atoms with Crippen LogP contribution in [0.1, 0.15) is 53.0 Å². The number of halogens is 1. The number of hydrogen-bond acceptors (Lipinski definition) is 4. The Bertz CT molecular complexity index is 1520. The summed E-state index contributed by atoms with van der Waals surface area (Å²) in [5, 5.41) is 1.33. The number of sulfonamides is 1. The lowest BCUT2D eigenvalue weighted by atomic mass is 9.81. The fourth-order valence-electron chi connectivity index (χ4n) is 5.10. The maximum atomic E-state index is 13.6. The number of aryl methyl sites for hydroxylation is 3. The first-order valence-electron chi connectivity index (χ1n) is 11.3. The third-order valence-corrected chi connectivity index (χ3v) is 8.17. The number of fused-ring (bicyclic) bond motifs is 1. The van der Waals surface area contributed by atoms with E-state index in [0.29, 0.717) is 11.4 Å². The number of pyridine rings is 1. The van der Waals surface area contributed by atoms with Crippen LogP contribution in [0.25, 0.3) is 10.9 Å². The molecule has 2 aromatic carbocycles. The van der Waals surface area contributed by atoms with Crippen molar-refractivity contribution in [3.05, 3.63) is 93.9 Å². The van der Waals surface area contributed by atoms with E-state index in [0.717, 1.165) is 33.2 Å². The normalized spacial score (nSPS) is 13.5. The molecule has 2 aromatic heterocycles. The van der Waals surface area contributed by atoms with Crippen LogP contribution in [0.4, 0.5) is 0 Å². The smallest absolute Gasteiger partial charge is 0.281 e. The number of nitrogens with zero attached hydrogens (tertiary/aromatic N) is 2. The quantitative estimate of drug-likeness (QED) is 0.350. The van der Waals surface area contributed by atoms with Crippen LogP contribution in [0.5, 0.6) is 0 Å². The van der Waals surface area contributed by atoms with E-state index < -0.39 is 21.5 Å². The van der Waals surface area contributed by atoms with Gasteiger partial charge in [0.2, 0.25) is 0 Å². The molecule has 0 bridgehead atoms. The van der Waals surface area contributed by atoms with Crippen LogP contribution in [-0.2, 0) is 15.6 Å². The third-order valence-electron chi connectivity index (χ3n) is 6.58. The number of benzene rings is 2. The van der Waals surface area contributed by atoms with Gasteiger partial charge >= 0.3 is 0 Å². The Hall–Kier alpha value is -3.16. The fourth-order valence-corrected chi connectivity index (χ4v) is 6.21. The zero-order valence-electron chi connectivity index (χ0n) is 20.4. The van der Waals surface area contributed by atoms with Crippen molar-refractivity contribution in [1.29, 1.82) is 0 Å². The highest BCUT2D eigenvalue weighted by molar-refractivity contribution is 7.90. The van der Waals surface area contributed by atoms with Crippen LogP contribution in [0.15, 0.2) is 65.8 Å². The Morgan fingerprint density at radius 2 is 1.66 bits per heavy atom. The highest BCUT2D eigenvalue weighted by Gasteiger charge is 2.35. The summed E-state index contributed by atoms with van der Waals surface area (Å²) in [6.45, 7) is 10.3. The van der Waals surface area contributed by atoms with Crippen LogP contribution < -0.4 is 4.72 Å². The Labute approximate surface area is 211 Å². The van der Waals surface area contributed by atoms with Gasteiger partial charge in [0.25, 0.3) is 15.9 Å². The molecular formula is C27H28ClN3O3S. The minimum atomic E-state index is -4.09. The maximum Gasteiger partial charge on any atom is 0.281 e. The molecule has 1 atom stereocenters. The predicted molar refractivity (Wildman–Crippen MR) is 140 cm³/mol. The van der Waals surface area contributed by atoms with Gasteiger partial charge in [-0.05, 0) is 81.1 Å². The second-order valence-electron chi connectivity index (χ2n) is 9.09. The number of amides is 1. The number of aromatic nitrogens is 2. The number of carbonyl (C=O) groups excluding carboxylic acids is 1. The van der Waals surface area contributed by atoms with Gasteiger partial charge in [-0.2, -0.15) is 0 Å². The average Bonchev–Trinajstić information content (AvgIpc) is 3.18. The SMILES string of the molecule is CCC(C)(c1c(C)cc(C)cc1C)n1c(C(=O)NS(=O)(=O)c2ccncc2)cc2ccc(Cl)cc21. The molecule has 6 nitrogen and oxygen atoms in total. The minimum absolute atomic E-state index is 0.0324. The van der Waals surface area contributed by atoms with Gasteiger partial charge < -0.3 is 4.57 Å². The first kappa shape index (κ1) is 24.9. The van der Waals surface area contributed by atoms with Crippen molar-refractivity contribution < 1.29 is 13.2 Å². The molecule has 0 spiro atoms. The van der Waals surface area contributed by atoms with Crippen LogP contribution >= 0.6 is 11.6 Å². The minimum Gasteiger partial charge on any atom is -0.326 e. The topological polar surface area (TPSA) is 81.1 Å². The van der Waals surface area contributed by atoms with E-state index in [1.54, 1.807) is 12.1 Å². The van der Waals surface area contributed by atoms with Gasteiger partial charge in [-0.1, -0.05) is 42.3 Å². The molecule has 35 heavy (non-hydrogen) atoms. The largest absolute Gasteiger partial charge is 0.326 e. The van der Waals surface area contributed by atoms with Crippen LogP contribution in [0.2, 0.25) is 5.02 Å². The molecule has 0 saturated carbocycles. The summed E-state index contributed by atoms with van der Waals surface area (Å²) in [5.74, 6) is -0.712. The molecule has 0 aliphatic carbocycles. The van der Waals surface area contributed by atoms with Crippen LogP contribution in [-0.4, -0.2) is 23.9 Å². The predicted octanol–water partition coefficient (Wildman–Crippen LogP) is 5.91. The highest BCUT2D eigenvalue weighted by Crippen LogP contribution is 2.40. The Morgan fingerprint density at radius 3 is 2.26 bits per heavy atom. The summed E-state index contributed by atoms with van der Waals surface area (Å²) in [7, 11) is -4.09. The van der Waals surface area contributed by atoms with E-state index >= 15 is 0 Å². The van der Waals surface area contributed by atoms with Crippen molar-refractivity contribution in [3.63, 3.8) is 0 Å². The van der Waals surface area contributed by atoms with E-state index in [1.807, 2.05) is 16.7 Å². The van der Waals surface area contributed by atoms with E-state index in [4.69, 9.17) is 11.6 Å². The van der Waals surface area contributed by atoms with Crippen molar-refractivity contribution in [2.45, 2.75) is 51.5 Å². The zero-order chi connectivity index (χ0) is 25.5. The molecule has 8 heteroatoms. The molecule has 1 unspecified atom stereocenters. The number of hydrogen-bond donors (Lipinski definition) is 1. The molecule has 1 amide bonds. The second kappa shape index (κ2) is 9.13. The van der Waals surface area contributed by atoms with Gasteiger partial charge in [0.15, 0.2) is 0 Å². The summed E-state index contributed by atoms with van der Waals surface area (Å²) in [6, 6.07) is 14.1. The Kier molecular flexibility index (Phi) is 6.51. The van der Waals surface area contributed by atoms with Gasteiger partial charge in [-0.3, -0.25) is 9.78 Å². The molecule has 0 fully saturated rings. The monoisotopic (exact) mass is 509 g/mol. The van der Waals surface area contributed by atoms with Crippen LogP contribution in [0, 0.1) is 20.8 Å². The molecule has 0 aliphatic heterocycles. The van der Waals surface area contributed by atoms with Gasteiger partial charge in [0.05, 0.1) is 16.0 Å². The first-order valence-corrected chi connectivity index (χ1v) is 13.2. The van der Waals surface area contributed by atoms with Crippen LogP contribution in [0.3, 0.4) is 0 Å². The molecule has 4 rings (SSSR count). The van der Waals surface area contributed by atoms with Crippen molar-refractivity contribution in [1.82, 2.24) is 14.3 Å². The van der Waals surface area contributed by atoms with Crippen molar-refractivity contribution in [2.24, 2.45) is 0 Å². The van der Waals surface area contributed by atoms with Crippen molar-refractivity contribution >= 4 is 38.4 Å². The zero-order valence-corrected chi connectivity index (χ0v) is 22.0. The molecule has 4 aromatic rings. The number of rotatable bonds is 6. The molecular weight excluding hydrogens is 482 g/mol. The maximum absolute atomic E-state index is 13.6. The van der Waals surface area contributed by atoms with Gasteiger partial charge in [-0.25, -0.2) is 13.1 Å². The molecule has 2 heterocycles. The summed E-state index contributed by atoms with van der Waals surface area (Å²) < 4.78 is 30.1. The lowest BCUT2D eigenvalue weighted by Crippen LogP contribution is -2.38. The lowest BCUT2D eigenvalue weighted by molar-refractivity contribution is 0.0967. The van der Waals surface area contributed by atoms with E-state index in [2.05, 4.69) is 56.5 Å². The van der Waals surface area contributed by atoms with Gasteiger partial charge in [-0.15, -0.1) is 0 Å². The highest BCUT2D eigenvalue weighted by atomic mass is 35.5. The molecule has 0 aliphatic rings. The summed E-state index contributed by atoms with van der Waals surface area (Å²) in [4.78, 5) is 17.4. The van der Waals surface area contributed by atoms with Crippen molar-refractivity contribution in [3.8, 4) is 0 Å². The Balaban J connectivity index is 1.96. The molecule has 0 saturated heterocycles. The summed E-state index contributed by atoms with van der Waals surface area (Å²) in [5.41, 5.74) is 4.80. The number of nitrogens with one attached hydrogen (secondary N) is 1. The van der Waals surface area contributed by atoms with E-state index in [9.17, 15) is 13.2 Å². The molecule has 0 radical (unpaired) electrons. The molecule has 1 N–H and O–H groups in total. The first-order chi connectivity index (χ1) is 16.5. The lowest BCUT2D eigenvalue weighted by Gasteiger charge is -2.36. The fraction of sp³-hybridized carbons (Fsp3) is 0.259. The van der Waals surface area contributed by atoms with E-state index in [-0.39, 0.29) is 10.6 Å².